The largest absolute Gasteiger partial charge is 0.457 e. The molecule has 1 aliphatic rings. The molecule has 0 heterocycles. The number of nitrogens with zero attached hydrogens (tertiary/aromatic N) is 3. The molecule has 8 heteroatoms. The molecule has 1 saturated carbocycles. The third-order valence-corrected chi connectivity index (χ3v) is 5.64. The molecule has 8 nitrogen and oxygen atoms in total. The van der Waals surface area contributed by atoms with Gasteiger partial charge in [0.1, 0.15) is 17.6 Å². The predicted octanol–water partition coefficient (Wildman–Crippen LogP) is 3.95. The van der Waals surface area contributed by atoms with Crippen molar-refractivity contribution in [1.29, 1.82) is 5.26 Å². The fourth-order valence-corrected chi connectivity index (χ4v) is 3.46. The first-order valence-corrected chi connectivity index (χ1v) is 10.5. The molecule has 2 aromatic carbocycles. The molecule has 0 bridgehead atoms. The number of likely N-dealkylation sites (N-methyl/N-ethyl adjacent to an activating group) is 1. The van der Waals surface area contributed by atoms with E-state index >= 15 is 0 Å². The molecule has 0 N–H and O–H groups in total. The molecule has 1 amide bonds. The van der Waals surface area contributed by atoms with Gasteiger partial charge in [-0.25, -0.2) is 0 Å². The number of rotatable bonds is 9. The van der Waals surface area contributed by atoms with E-state index < -0.39 is 23.4 Å². The van der Waals surface area contributed by atoms with Gasteiger partial charge in [0.15, 0.2) is 6.61 Å². The third-order valence-electron chi connectivity index (χ3n) is 5.64. The van der Waals surface area contributed by atoms with E-state index in [0.29, 0.717) is 17.1 Å². The first-order chi connectivity index (χ1) is 15.7. The molecule has 0 spiro atoms. The quantitative estimate of drug-likeness (QED) is 0.326. The van der Waals surface area contributed by atoms with Crippen molar-refractivity contribution in [2.75, 3.05) is 20.7 Å². The topological polar surface area (TPSA) is 101 Å². The normalized spacial score (nSPS) is 19.2. The Balaban J connectivity index is 1.61. The molecule has 2 aromatic rings. The number of oxime groups is 1. The molecule has 1 fully saturated rings. The van der Waals surface area contributed by atoms with Gasteiger partial charge in [-0.1, -0.05) is 49.3 Å². The summed E-state index contributed by atoms with van der Waals surface area (Å²) in [6.45, 7) is 3.65. The van der Waals surface area contributed by atoms with Gasteiger partial charge in [0, 0.05) is 31.8 Å². The number of carbonyl (C=O) groups excluding carboxylic acids is 2. The van der Waals surface area contributed by atoms with Crippen molar-refractivity contribution in [3.63, 3.8) is 0 Å². The summed E-state index contributed by atoms with van der Waals surface area (Å²) in [6, 6.07) is 18.2. The van der Waals surface area contributed by atoms with Crippen molar-refractivity contribution in [2.45, 2.75) is 20.0 Å². The Morgan fingerprint density at radius 1 is 1.15 bits per heavy atom. The van der Waals surface area contributed by atoms with Gasteiger partial charge in [0.05, 0.1) is 5.92 Å². The second-order valence-electron chi connectivity index (χ2n) is 8.57. The van der Waals surface area contributed by atoms with Crippen molar-refractivity contribution in [2.24, 2.45) is 22.4 Å². The van der Waals surface area contributed by atoms with Gasteiger partial charge in [0.2, 0.25) is 6.10 Å². The highest BCUT2D eigenvalue weighted by Crippen LogP contribution is 2.58. The number of hydrogen-bond donors (Lipinski definition) is 0. The maximum Gasteiger partial charge on any atom is 0.311 e. The summed E-state index contributed by atoms with van der Waals surface area (Å²) in [5, 5.41) is 13.5. The van der Waals surface area contributed by atoms with Crippen molar-refractivity contribution >= 4 is 18.1 Å². The lowest BCUT2D eigenvalue weighted by molar-refractivity contribution is -0.149. The fourth-order valence-electron chi connectivity index (χ4n) is 3.46. The van der Waals surface area contributed by atoms with E-state index in [0.717, 1.165) is 0 Å². The maximum absolute atomic E-state index is 12.8. The Hall–Kier alpha value is -3.86. The molecule has 1 aliphatic carbocycles. The lowest BCUT2D eigenvalue weighted by Gasteiger charge is -2.13. The van der Waals surface area contributed by atoms with Crippen LogP contribution < -0.4 is 4.74 Å². The molecular weight excluding hydrogens is 422 g/mol. The number of hydrogen-bond acceptors (Lipinski definition) is 7. The van der Waals surface area contributed by atoms with Crippen LogP contribution in [-0.4, -0.2) is 43.7 Å². The van der Waals surface area contributed by atoms with Gasteiger partial charge in [-0.2, -0.15) is 5.26 Å². The Labute approximate surface area is 193 Å². The van der Waals surface area contributed by atoms with Gasteiger partial charge in [-0.3, -0.25) is 9.59 Å². The smallest absolute Gasteiger partial charge is 0.311 e. The van der Waals surface area contributed by atoms with Crippen LogP contribution in [0.3, 0.4) is 0 Å². The summed E-state index contributed by atoms with van der Waals surface area (Å²) < 4.78 is 11.3. The van der Waals surface area contributed by atoms with Crippen LogP contribution in [0.2, 0.25) is 0 Å². The fraction of sp³-hybridized carbons (Fsp3) is 0.360. The van der Waals surface area contributed by atoms with E-state index in [1.807, 2.05) is 50.2 Å². The van der Waals surface area contributed by atoms with Crippen LogP contribution in [0, 0.1) is 28.6 Å². The van der Waals surface area contributed by atoms with Gasteiger partial charge >= 0.3 is 5.97 Å². The zero-order valence-electron chi connectivity index (χ0n) is 19.1. The number of ether oxygens (including phenoxy) is 2. The molecule has 0 aliphatic heterocycles. The second kappa shape index (κ2) is 10.2. The number of carbonyl (C=O) groups is 2. The Kier molecular flexibility index (Phi) is 7.34. The van der Waals surface area contributed by atoms with E-state index in [1.165, 1.54) is 11.1 Å². The van der Waals surface area contributed by atoms with Crippen LogP contribution in [-0.2, 0) is 19.2 Å². The van der Waals surface area contributed by atoms with E-state index in [9.17, 15) is 14.9 Å². The summed E-state index contributed by atoms with van der Waals surface area (Å²) in [5.41, 5.74) is 0.127. The van der Waals surface area contributed by atoms with Gasteiger partial charge in [0.25, 0.3) is 5.91 Å². The van der Waals surface area contributed by atoms with E-state index in [1.54, 1.807) is 38.4 Å². The van der Waals surface area contributed by atoms with Crippen LogP contribution in [0.4, 0.5) is 0 Å². The Morgan fingerprint density at radius 2 is 1.85 bits per heavy atom. The summed E-state index contributed by atoms with van der Waals surface area (Å²) in [4.78, 5) is 30.8. The molecule has 3 atom stereocenters. The van der Waals surface area contributed by atoms with Crippen LogP contribution >= 0.6 is 0 Å². The second-order valence-corrected chi connectivity index (χ2v) is 8.57. The monoisotopic (exact) mass is 449 g/mol. The Bertz CT molecular complexity index is 1060. The van der Waals surface area contributed by atoms with E-state index in [4.69, 9.17) is 14.3 Å². The predicted molar refractivity (Wildman–Crippen MR) is 121 cm³/mol. The van der Waals surface area contributed by atoms with Crippen molar-refractivity contribution < 1.29 is 23.9 Å². The molecular formula is C25H27N3O5. The zero-order chi connectivity index (χ0) is 24.0. The van der Waals surface area contributed by atoms with Crippen LogP contribution in [0.5, 0.6) is 11.5 Å². The zero-order valence-corrected chi connectivity index (χ0v) is 19.1. The average Bonchev–Trinajstić information content (AvgIpc) is 3.35. The molecule has 3 unspecified atom stereocenters. The minimum absolute atomic E-state index is 0.177. The Morgan fingerprint density at radius 3 is 2.52 bits per heavy atom. The number of esters is 1. The molecule has 0 radical (unpaired) electrons. The van der Waals surface area contributed by atoms with Gasteiger partial charge in [-0.05, 0) is 29.7 Å². The third kappa shape index (κ3) is 5.89. The van der Waals surface area contributed by atoms with Crippen LogP contribution in [0.1, 0.15) is 25.5 Å². The molecule has 3 rings (SSSR count). The van der Waals surface area contributed by atoms with Gasteiger partial charge in [-0.15, -0.1) is 0 Å². The standard InChI is InChI=1S/C25H27N3O5/c1-25(2)20(15-27-31-16-22(29)28(3)4)23(25)24(30)33-21(14-26)17-9-8-12-19(13-17)32-18-10-6-5-7-11-18/h5-13,15,20-21,23H,16H2,1-4H3. The first-order valence-electron chi connectivity index (χ1n) is 10.5. The van der Waals surface area contributed by atoms with E-state index in [2.05, 4.69) is 5.16 Å². The molecule has 0 aromatic heterocycles. The van der Waals surface area contributed by atoms with Crippen molar-refractivity contribution in [3.05, 3.63) is 60.2 Å². The maximum atomic E-state index is 12.8. The lowest BCUT2D eigenvalue weighted by Crippen LogP contribution is -2.25. The number of benzene rings is 2. The summed E-state index contributed by atoms with van der Waals surface area (Å²) in [5.74, 6) is -0.177. The van der Waals surface area contributed by atoms with Gasteiger partial charge < -0.3 is 19.2 Å². The van der Waals surface area contributed by atoms with E-state index in [-0.39, 0.29) is 18.4 Å². The molecule has 172 valence electrons. The molecule has 33 heavy (non-hydrogen) atoms. The average molecular weight is 450 g/mol. The minimum atomic E-state index is -1.07. The first kappa shape index (κ1) is 23.8. The summed E-state index contributed by atoms with van der Waals surface area (Å²) in [7, 11) is 3.25. The van der Waals surface area contributed by atoms with Crippen molar-refractivity contribution in [3.8, 4) is 17.6 Å². The summed E-state index contributed by atoms with van der Waals surface area (Å²) >= 11 is 0. The minimum Gasteiger partial charge on any atom is -0.457 e. The summed E-state index contributed by atoms with van der Waals surface area (Å²) in [6.07, 6.45) is 0.449. The van der Waals surface area contributed by atoms with Crippen molar-refractivity contribution in [1.82, 2.24) is 4.90 Å². The highest BCUT2D eigenvalue weighted by Gasteiger charge is 2.62. The SMILES string of the molecule is CN(C)C(=O)CON=CC1C(C(=O)OC(C#N)c2cccc(Oc3ccccc3)c2)C1(C)C. The number of nitriles is 1. The molecule has 0 saturated heterocycles. The highest BCUT2D eigenvalue weighted by atomic mass is 16.6. The van der Waals surface area contributed by atoms with Crippen LogP contribution in [0.15, 0.2) is 59.8 Å². The van der Waals surface area contributed by atoms with Crippen LogP contribution in [0.25, 0.3) is 0 Å². The number of amides is 1. The highest BCUT2D eigenvalue weighted by molar-refractivity contribution is 5.85. The number of para-hydroxylation sites is 1. The lowest BCUT2D eigenvalue weighted by atomic mass is 10.1.